The Bertz CT molecular complexity index is 881. The molecule has 1 unspecified atom stereocenters. The number of hydrogen-bond donors (Lipinski definition) is 0. The molecular formula is C24H30F2O2Si. The van der Waals surface area contributed by atoms with Gasteiger partial charge in [-0.2, -0.15) is 0 Å². The number of allylic oxidation sites excluding steroid dienone is 2. The molecule has 2 nitrogen and oxygen atoms in total. The molecule has 2 aromatic rings. The van der Waals surface area contributed by atoms with Crippen LogP contribution in [0.2, 0.25) is 18.1 Å². The normalized spacial score (nSPS) is 19.4. The van der Waals surface area contributed by atoms with Gasteiger partial charge in [-0.1, -0.05) is 63.2 Å². The summed E-state index contributed by atoms with van der Waals surface area (Å²) in [4.78, 5) is 0. The summed E-state index contributed by atoms with van der Waals surface area (Å²) in [6.07, 6.45) is -0.375. The molecule has 0 N–H and O–H groups in total. The summed E-state index contributed by atoms with van der Waals surface area (Å²) in [6, 6.07) is 16.4. The quantitative estimate of drug-likeness (QED) is 0.478. The van der Waals surface area contributed by atoms with Crippen LogP contribution in [-0.4, -0.2) is 21.3 Å². The Morgan fingerprint density at radius 2 is 1.55 bits per heavy atom. The van der Waals surface area contributed by atoms with Crippen LogP contribution < -0.4 is 4.74 Å². The van der Waals surface area contributed by atoms with Crippen molar-refractivity contribution in [2.24, 2.45) is 0 Å². The number of benzene rings is 2. The van der Waals surface area contributed by atoms with Crippen molar-refractivity contribution in [3.8, 4) is 5.75 Å². The van der Waals surface area contributed by atoms with Crippen LogP contribution >= 0.6 is 0 Å². The SMILES string of the molecule is COc1ccc(C2C(c3ccccc3)=C(O[Si](C)(C)C(C)(C)C)CC2(F)F)cc1. The Kier molecular flexibility index (Phi) is 5.65. The van der Waals surface area contributed by atoms with Crippen LogP contribution in [0.4, 0.5) is 8.78 Å². The number of rotatable bonds is 5. The van der Waals surface area contributed by atoms with Crippen LogP contribution in [-0.2, 0) is 4.43 Å². The zero-order valence-electron chi connectivity index (χ0n) is 18.1. The largest absolute Gasteiger partial charge is 0.546 e. The van der Waals surface area contributed by atoms with E-state index in [1.54, 1.807) is 31.4 Å². The van der Waals surface area contributed by atoms with Crippen molar-refractivity contribution in [1.29, 1.82) is 0 Å². The van der Waals surface area contributed by atoms with Crippen LogP contribution in [0.15, 0.2) is 60.4 Å². The summed E-state index contributed by atoms with van der Waals surface area (Å²) in [6.45, 7) is 10.6. The lowest BCUT2D eigenvalue weighted by molar-refractivity contribution is -0.00641. The van der Waals surface area contributed by atoms with Gasteiger partial charge in [0.1, 0.15) is 5.75 Å². The Hall–Kier alpha value is -2.14. The molecule has 29 heavy (non-hydrogen) atoms. The average molecular weight is 417 g/mol. The number of halogens is 2. The van der Waals surface area contributed by atoms with Crippen molar-refractivity contribution in [3.63, 3.8) is 0 Å². The van der Waals surface area contributed by atoms with E-state index in [0.717, 1.165) is 5.56 Å². The molecular weight excluding hydrogens is 386 g/mol. The third-order valence-electron chi connectivity index (χ3n) is 6.13. The van der Waals surface area contributed by atoms with Crippen LogP contribution in [0.1, 0.15) is 44.2 Å². The maximum Gasteiger partial charge on any atom is 0.265 e. The smallest absolute Gasteiger partial charge is 0.265 e. The summed E-state index contributed by atoms with van der Waals surface area (Å²) in [5.74, 6) is -2.88. The van der Waals surface area contributed by atoms with Crippen molar-refractivity contribution in [2.45, 2.75) is 57.2 Å². The topological polar surface area (TPSA) is 18.5 Å². The Labute approximate surface area is 173 Å². The molecule has 0 amide bonds. The second-order valence-electron chi connectivity index (χ2n) is 9.21. The summed E-state index contributed by atoms with van der Waals surface area (Å²) in [5, 5.41) is -0.0741. The molecule has 0 fully saturated rings. The van der Waals surface area contributed by atoms with Crippen molar-refractivity contribution < 1.29 is 17.9 Å². The molecule has 0 spiro atoms. The van der Waals surface area contributed by atoms with Gasteiger partial charge in [0.2, 0.25) is 8.32 Å². The van der Waals surface area contributed by atoms with E-state index in [-0.39, 0.29) is 11.5 Å². The molecule has 5 heteroatoms. The predicted molar refractivity (Wildman–Crippen MR) is 117 cm³/mol. The number of ether oxygens (including phenoxy) is 1. The minimum absolute atomic E-state index is 0.0741. The number of methoxy groups -OCH3 is 1. The van der Waals surface area contributed by atoms with Gasteiger partial charge in [-0.25, -0.2) is 8.78 Å². The lowest BCUT2D eigenvalue weighted by Gasteiger charge is -2.37. The molecule has 1 atom stereocenters. The van der Waals surface area contributed by atoms with E-state index >= 15 is 8.78 Å². The minimum atomic E-state index is -2.92. The first-order chi connectivity index (χ1) is 13.5. The molecule has 0 aromatic heterocycles. The molecule has 2 aromatic carbocycles. The first-order valence-electron chi connectivity index (χ1n) is 9.95. The first-order valence-corrected chi connectivity index (χ1v) is 12.9. The van der Waals surface area contributed by atoms with E-state index in [0.29, 0.717) is 22.6 Å². The molecule has 1 aliphatic carbocycles. The van der Waals surface area contributed by atoms with Gasteiger partial charge in [0.25, 0.3) is 5.92 Å². The monoisotopic (exact) mass is 416 g/mol. The summed E-state index contributed by atoms with van der Waals surface area (Å²) >= 11 is 0. The second-order valence-corrected chi connectivity index (χ2v) is 13.9. The second kappa shape index (κ2) is 7.60. The molecule has 0 heterocycles. The van der Waals surface area contributed by atoms with Crippen molar-refractivity contribution >= 4 is 13.9 Å². The fourth-order valence-electron chi connectivity index (χ4n) is 3.49. The van der Waals surface area contributed by atoms with Gasteiger partial charge < -0.3 is 9.16 Å². The van der Waals surface area contributed by atoms with E-state index in [2.05, 4.69) is 33.9 Å². The third kappa shape index (κ3) is 4.25. The van der Waals surface area contributed by atoms with Crippen LogP contribution in [0.5, 0.6) is 5.75 Å². The van der Waals surface area contributed by atoms with Crippen LogP contribution in [0.3, 0.4) is 0 Å². The zero-order chi connectivity index (χ0) is 21.4. The molecule has 1 aliphatic rings. The molecule has 0 saturated heterocycles. The van der Waals surface area contributed by atoms with Crippen LogP contribution in [0.25, 0.3) is 5.57 Å². The number of hydrogen-bond acceptors (Lipinski definition) is 2. The summed E-state index contributed by atoms with van der Waals surface area (Å²) in [5.41, 5.74) is 1.97. The van der Waals surface area contributed by atoms with Gasteiger partial charge in [0.05, 0.1) is 25.2 Å². The Morgan fingerprint density at radius 3 is 2.07 bits per heavy atom. The Morgan fingerprint density at radius 1 is 0.966 bits per heavy atom. The highest BCUT2D eigenvalue weighted by molar-refractivity contribution is 6.74. The van der Waals surface area contributed by atoms with Gasteiger partial charge in [0, 0.05) is 5.57 Å². The maximum absolute atomic E-state index is 15.4. The maximum atomic E-state index is 15.4. The molecule has 0 saturated carbocycles. The summed E-state index contributed by atoms with van der Waals surface area (Å²) in [7, 11) is -0.695. The predicted octanol–water partition coefficient (Wildman–Crippen LogP) is 7.25. The molecule has 0 aliphatic heterocycles. The molecule has 0 radical (unpaired) electrons. The molecule has 156 valence electrons. The highest BCUT2D eigenvalue weighted by Crippen LogP contribution is 2.55. The Balaban J connectivity index is 2.15. The fraction of sp³-hybridized carbons (Fsp3) is 0.417. The van der Waals surface area contributed by atoms with Crippen molar-refractivity contribution in [3.05, 3.63) is 71.5 Å². The first kappa shape index (κ1) is 21.6. The van der Waals surface area contributed by atoms with Crippen molar-refractivity contribution in [1.82, 2.24) is 0 Å². The molecule has 0 bridgehead atoms. The third-order valence-corrected chi connectivity index (χ3v) is 10.5. The van der Waals surface area contributed by atoms with E-state index in [4.69, 9.17) is 9.16 Å². The van der Waals surface area contributed by atoms with Crippen LogP contribution in [0, 0.1) is 0 Å². The standard InChI is InChI=1S/C24H30F2O2Si/c1-23(2,3)29(5,6)28-20-16-24(25,26)22(18-12-14-19(27-4)15-13-18)21(20)17-10-8-7-9-11-17/h7-15,22H,16H2,1-6H3. The minimum Gasteiger partial charge on any atom is -0.546 e. The van der Waals surface area contributed by atoms with Gasteiger partial charge in [0.15, 0.2) is 0 Å². The van der Waals surface area contributed by atoms with E-state index in [1.165, 1.54) is 0 Å². The van der Waals surface area contributed by atoms with E-state index < -0.39 is 20.2 Å². The lowest BCUT2D eigenvalue weighted by Crippen LogP contribution is -2.40. The van der Waals surface area contributed by atoms with Gasteiger partial charge in [-0.15, -0.1) is 0 Å². The van der Waals surface area contributed by atoms with Gasteiger partial charge >= 0.3 is 0 Å². The van der Waals surface area contributed by atoms with Crippen molar-refractivity contribution in [2.75, 3.05) is 7.11 Å². The molecule has 3 rings (SSSR count). The summed E-state index contributed by atoms with van der Waals surface area (Å²) < 4.78 is 42.5. The lowest BCUT2D eigenvalue weighted by atomic mass is 9.86. The van der Waals surface area contributed by atoms with E-state index in [9.17, 15) is 0 Å². The highest BCUT2D eigenvalue weighted by atomic mass is 28.4. The zero-order valence-corrected chi connectivity index (χ0v) is 19.1. The highest BCUT2D eigenvalue weighted by Gasteiger charge is 2.53. The van der Waals surface area contributed by atoms with Gasteiger partial charge in [-0.3, -0.25) is 0 Å². The average Bonchev–Trinajstić information content (AvgIpc) is 2.91. The van der Waals surface area contributed by atoms with E-state index in [1.807, 2.05) is 30.3 Å². The van der Waals surface area contributed by atoms with Gasteiger partial charge in [-0.05, 0) is 41.4 Å². The number of alkyl halides is 2. The fourth-order valence-corrected chi connectivity index (χ4v) is 4.59.